The van der Waals surface area contributed by atoms with Crippen molar-refractivity contribution in [2.45, 2.75) is 98.8 Å². The number of nitrogen functional groups attached to an aromatic ring is 1. The number of anilines is 1. The summed E-state index contributed by atoms with van der Waals surface area (Å²) in [4.78, 5) is 0. The van der Waals surface area contributed by atoms with Gasteiger partial charge in [0.25, 0.3) is 0 Å². The molecule has 2 unspecified atom stereocenters. The largest absolute Gasteiger partial charge is 0.493 e. The van der Waals surface area contributed by atoms with Crippen molar-refractivity contribution in [2.75, 3.05) is 25.5 Å². The van der Waals surface area contributed by atoms with Gasteiger partial charge in [-0.3, -0.25) is 0 Å². The molecule has 0 aliphatic carbocycles. The number of benzene rings is 5. The smallest absolute Gasteiger partial charge is 0.127 e. The lowest BCUT2D eigenvalue weighted by atomic mass is 10.0. The zero-order chi connectivity index (χ0) is 50.7. The fourth-order valence-electron chi connectivity index (χ4n) is 7.09. The maximum absolute atomic E-state index is 8.75. The third kappa shape index (κ3) is 27.9. The summed E-state index contributed by atoms with van der Waals surface area (Å²) in [7, 11) is 0. The summed E-state index contributed by atoms with van der Waals surface area (Å²) < 4.78 is 6.55. The molecule has 0 aliphatic rings. The molecular formula is C66H84N2O2. The Kier molecular flexibility index (Phi) is 34.0. The van der Waals surface area contributed by atoms with Crippen LogP contribution in [-0.4, -0.2) is 24.9 Å². The molecule has 4 nitrogen and oxygen atoms in total. The second-order valence-electron chi connectivity index (χ2n) is 17.1. The molecular weight excluding hydrogens is 853 g/mol. The van der Waals surface area contributed by atoms with Crippen LogP contribution in [-0.2, 0) is 12.8 Å². The van der Waals surface area contributed by atoms with Crippen molar-refractivity contribution >= 4 is 23.9 Å². The number of aliphatic hydroxyl groups excluding tert-OH is 1. The van der Waals surface area contributed by atoms with Gasteiger partial charge in [-0.2, -0.15) is 0 Å². The minimum Gasteiger partial charge on any atom is -0.493 e. The number of nitrogens with one attached hydrogen (secondary N) is 1. The number of ether oxygens (including phenoxy) is 1. The Morgan fingerprint density at radius 1 is 0.643 bits per heavy atom. The molecule has 0 radical (unpaired) electrons. The van der Waals surface area contributed by atoms with Gasteiger partial charge in [-0.05, 0) is 108 Å². The van der Waals surface area contributed by atoms with Crippen molar-refractivity contribution < 1.29 is 9.84 Å². The average Bonchev–Trinajstić information content (AvgIpc) is 3.41. The summed E-state index contributed by atoms with van der Waals surface area (Å²) in [5, 5.41) is 12.1. The summed E-state index contributed by atoms with van der Waals surface area (Å²) in [6, 6.07) is 46.0. The normalized spacial score (nSPS) is 12.4. The fraction of sp³-hybridized carbons (Fsp3) is 0.303. The standard InChI is InChI=1S/C43H52N2O.C13H12.C8H18O.C2H2/c1-4-7-9-13-32-45-33-15-21-38(20-14-19-37-17-11-10-12-18-37)24-28-41-29-25-40(23-22-39-26-30-42(44)31-27-39)34-43(41)46-35-36(6-3)16-8-5-2;1-3-7-12(8-4-1)11-13-9-5-2-6-10-13;1-3-5-6-8(4-2)7-9;1-2/h4,7,9-15,17-18,20-31,33-34,36,45H,5-6,8,16,19,32,35,44H2,1-3H3;1-10H,11H2;8-9H,3-7H2,1-2H3;1-2H/b7-4-,13-9-,20-14-,23-22+,28-24+,33-15+,38-21+;;;. The number of nitrogens with two attached hydrogens (primary N) is 1. The van der Waals surface area contributed by atoms with Gasteiger partial charge < -0.3 is 20.9 Å². The predicted molar refractivity (Wildman–Crippen MR) is 308 cm³/mol. The number of aliphatic hydroxyl groups is 1. The summed E-state index contributed by atoms with van der Waals surface area (Å²) in [5.74, 6) is 2.01. The Balaban J connectivity index is 0.000000566. The topological polar surface area (TPSA) is 67.5 Å². The van der Waals surface area contributed by atoms with E-state index in [4.69, 9.17) is 15.6 Å². The molecule has 4 N–H and O–H groups in total. The maximum atomic E-state index is 8.75. The van der Waals surface area contributed by atoms with E-state index in [2.05, 4.69) is 210 Å². The van der Waals surface area contributed by atoms with Crippen LogP contribution in [0.15, 0.2) is 200 Å². The first-order chi connectivity index (χ1) is 34.4. The van der Waals surface area contributed by atoms with Crippen molar-refractivity contribution in [1.29, 1.82) is 0 Å². The van der Waals surface area contributed by atoms with E-state index in [0.29, 0.717) is 18.4 Å². The van der Waals surface area contributed by atoms with Gasteiger partial charge in [-0.15, -0.1) is 12.8 Å². The van der Waals surface area contributed by atoms with Crippen LogP contribution in [0.25, 0.3) is 18.2 Å². The molecule has 0 heterocycles. The molecule has 0 aromatic heterocycles. The molecule has 370 valence electrons. The van der Waals surface area contributed by atoms with E-state index in [0.717, 1.165) is 72.5 Å². The molecule has 0 bridgehead atoms. The van der Waals surface area contributed by atoms with Gasteiger partial charge in [0.15, 0.2) is 0 Å². The molecule has 0 amide bonds. The van der Waals surface area contributed by atoms with Crippen LogP contribution in [0.2, 0.25) is 0 Å². The van der Waals surface area contributed by atoms with E-state index >= 15 is 0 Å². The van der Waals surface area contributed by atoms with E-state index < -0.39 is 0 Å². The molecule has 0 saturated heterocycles. The van der Waals surface area contributed by atoms with Crippen LogP contribution >= 0.6 is 0 Å². The Labute approximate surface area is 425 Å². The van der Waals surface area contributed by atoms with Gasteiger partial charge in [0, 0.05) is 24.4 Å². The van der Waals surface area contributed by atoms with Gasteiger partial charge in [0.1, 0.15) is 5.75 Å². The number of allylic oxidation sites excluding steroid dienone is 9. The van der Waals surface area contributed by atoms with Gasteiger partial charge in [0.05, 0.1) is 6.61 Å². The zero-order valence-electron chi connectivity index (χ0n) is 43.1. The van der Waals surface area contributed by atoms with Crippen LogP contribution in [0.3, 0.4) is 0 Å². The van der Waals surface area contributed by atoms with Gasteiger partial charge >= 0.3 is 0 Å². The molecule has 2 atom stereocenters. The van der Waals surface area contributed by atoms with Crippen LogP contribution < -0.4 is 15.8 Å². The van der Waals surface area contributed by atoms with E-state index in [-0.39, 0.29) is 0 Å². The average molecular weight is 937 g/mol. The molecule has 0 spiro atoms. The third-order valence-electron chi connectivity index (χ3n) is 11.5. The molecule has 5 aromatic rings. The number of rotatable bonds is 26. The highest BCUT2D eigenvalue weighted by Gasteiger charge is 2.10. The Morgan fingerprint density at radius 3 is 1.79 bits per heavy atom. The van der Waals surface area contributed by atoms with E-state index in [9.17, 15) is 0 Å². The number of hydrogen-bond acceptors (Lipinski definition) is 4. The summed E-state index contributed by atoms with van der Waals surface area (Å²) >= 11 is 0. The van der Waals surface area contributed by atoms with Crippen LogP contribution in [0.4, 0.5) is 5.69 Å². The number of hydrogen-bond donors (Lipinski definition) is 3. The highest BCUT2D eigenvalue weighted by atomic mass is 16.5. The summed E-state index contributed by atoms with van der Waals surface area (Å²) in [5.41, 5.74) is 15.0. The first kappa shape index (κ1) is 59.3. The van der Waals surface area contributed by atoms with Crippen LogP contribution in [0.5, 0.6) is 5.75 Å². The quantitative estimate of drug-likeness (QED) is 0.0170. The van der Waals surface area contributed by atoms with Crippen molar-refractivity contribution in [2.24, 2.45) is 11.8 Å². The second kappa shape index (κ2) is 40.1. The number of terminal acetylenes is 1. The lowest BCUT2D eigenvalue weighted by molar-refractivity contribution is 0.212. The molecule has 4 heteroatoms. The van der Waals surface area contributed by atoms with Crippen LogP contribution in [0.1, 0.15) is 119 Å². The Bertz CT molecular complexity index is 2240. The zero-order valence-corrected chi connectivity index (χ0v) is 43.1. The van der Waals surface area contributed by atoms with Crippen molar-refractivity contribution in [1.82, 2.24) is 5.32 Å². The van der Waals surface area contributed by atoms with E-state index in [1.54, 1.807) is 0 Å². The molecule has 5 aromatic carbocycles. The van der Waals surface area contributed by atoms with Gasteiger partial charge in [-0.25, -0.2) is 0 Å². The number of unbranched alkanes of at least 4 members (excludes halogenated alkanes) is 2. The molecule has 0 fully saturated rings. The van der Waals surface area contributed by atoms with E-state index in [1.165, 1.54) is 55.2 Å². The third-order valence-corrected chi connectivity index (χ3v) is 11.5. The van der Waals surface area contributed by atoms with Gasteiger partial charge in [0.2, 0.25) is 0 Å². The van der Waals surface area contributed by atoms with Crippen molar-refractivity contribution in [3.05, 3.63) is 233 Å². The molecule has 5 rings (SSSR count). The second-order valence-corrected chi connectivity index (χ2v) is 17.1. The molecule has 0 aliphatic heterocycles. The predicted octanol–water partition coefficient (Wildman–Crippen LogP) is 16.7. The Hall–Kier alpha value is -6.80. The SMILES string of the molecule is C#C.C/C=C\C=C/CN/C=C/C=C(\C=C/Cc1ccccc1)/C=C/c1ccc(/C=C/c2ccc(N)cc2)cc1OCC(CC)CCCC.CCCCC(CC)CO.c1ccc(Cc2ccccc2)cc1. The monoisotopic (exact) mass is 937 g/mol. The van der Waals surface area contributed by atoms with Crippen LogP contribution in [0, 0.1) is 24.7 Å². The Morgan fingerprint density at radius 2 is 1.21 bits per heavy atom. The lowest BCUT2D eigenvalue weighted by Crippen LogP contribution is -2.11. The molecule has 70 heavy (non-hydrogen) atoms. The molecule has 0 saturated carbocycles. The maximum Gasteiger partial charge on any atom is 0.127 e. The lowest BCUT2D eigenvalue weighted by Gasteiger charge is -2.17. The van der Waals surface area contributed by atoms with Crippen molar-refractivity contribution in [3.63, 3.8) is 0 Å². The van der Waals surface area contributed by atoms with E-state index in [1.807, 2.05) is 55.6 Å². The highest BCUT2D eigenvalue weighted by Crippen LogP contribution is 2.26. The highest BCUT2D eigenvalue weighted by molar-refractivity contribution is 5.73. The summed E-state index contributed by atoms with van der Waals surface area (Å²) in [6.45, 7) is 12.7. The minimum absolute atomic E-state index is 0.372. The first-order valence-corrected chi connectivity index (χ1v) is 25.5. The minimum atomic E-state index is 0.372. The fourth-order valence-corrected chi connectivity index (χ4v) is 7.09. The summed E-state index contributed by atoms with van der Waals surface area (Å²) in [6.07, 6.45) is 46.8. The van der Waals surface area contributed by atoms with Crippen molar-refractivity contribution in [3.8, 4) is 18.6 Å². The van der Waals surface area contributed by atoms with Gasteiger partial charge in [-0.1, -0.05) is 248 Å². The first-order valence-electron chi connectivity index (χ1n) is 25.5.